The third-order valence-corrected chi connectivity index (χ3v) is 4.05. The van der Waals surface area contributed by atoms with Gasteiger partial charge in [0.2, 0.25) is 0 Å². The van der Waals surface area contributed by atoms with Crippen LogP contribution in [-0.4, -0.2) is 24.9 Å². The minimum absolute atomic E-state index is 0.0618. The van der Waals surface area contributed by atoms with E-state index in [4.69, 9.17) is 0 Å². The van der Waals surface area contributed by atoms with E-state index in [0.29, 0.717) is 11.5 Å². The molecule has 6 nitrogen and oxygen atoms in total. The Kier molecular flexibility index (Phi) is 4.41. The van der Waals surface area contributed by atoms with Crippen LogP contribution in [0.2, 0.25) is 0 Å². The molecule has 108 valence electrons. The molecule has 2 aromatic rings. The fraction of sp³-hybridized carbons (Fsp3) is 0.308. The Balaban J connectivity index is 2.09. The highest BCUT2D eigenvalue weighted by Gasteiger charge is 2.16. The number of nitrogens with zero attached hydrogens (tertiary/aromatic N) is 1. The van der Waals surface area contributed by atoms with E-state index in [-0.39, 0.29) is 5.03 Å². The summed E-state index contributed by atoms with van der Waals surface area (Å²) in [5.41, 5.74) is 1.63. The fourth-order valence-electron chi connectivity index (χ4n) is 1.70. The molecule has 0 bridgehead atoms. The van der Waals surface area contributed by atoms with Gasteiger partial charge >= 0.3 is 0 Å². The summed E-state index contributed by atoms with van der Waals surface area (Å²) in [6.07, 6.45) is 1.30. The number of sulfonamides is 1. The lowest BCUT2D eigenvalue weighted by atomic mass is 10.2. The summed E-state index contributed by atoms with van der Waals surface area (Å²) in [5, 5.41) is 3.27. The Morgan fingerprint density at radius 3 is 2.50 bits per heavy atom. The summed E-state index contributed by atoms with van der Waals surface area (Å²) < 4.78 is 26.7. The van der Waals surface area contributed by atoms with E-state index in [2.05, 4.69) is 20.0 Å². The van der Waals surface area contributed by atoms with Crippen LogP contribution >= 0.6 is 0 Å². The molecular formula is C13H18N4O2S. The van der Waals surface area contributed by atoms with Crippen molar-refractivity contribution >= 4 is 15.7 Å². The molecule has 0 aliphatic carbocycles. The van der Waals surface area contributed by atoms with Crippen LogP contribution in [0.1, 0.15) is 18.3 Å². The second-order valence-electron chi connectivity index (χ2n) is 4.42. The summed E-state index contributed by atoms with van der Waals surface area (Å²) in [6, 6.07) is 7.26. The summed E-state index contributed by atoms with van der Waals surface area (Å²) in [5.74, 6) is 0.561. The van der Waals surface area contributed by atoms with Crippen LogP contribution in [0.5, 0.6) is 0 Å². The lowest BCUT2D eigenvalue weighted by Crippen LogP contribution is -2.14. The second-order valence-corrected chi connectivity index (χ2v) is 6.07. The second kappa shape index (κ2) is 6.06. The number of aryl methyl sites for hydroxylation is 1. The molecule has 1 aromatic heterocycles. The maximum atomic E-state index is 12.1. The maximum absolute atomic E-state index is 12.1. The monoisotopic (exact) mass is 294 g/mol. The normalized spacial score (nSPS) is 11.5. The van der Waals surface area contributed by atoms with Crippen LogP contribution in [-0.2, 0) is 16.6 Å². The predicted molar refractivity (Wildman–Crippen MR) is 78.0 cm³/mol. The van der Waals surface area contributed by atoms with Crippen LogP contribution in [0.3, 0.4) is 0 Å². The number of imidazole rings is 1. The van der Waals surface area contributed by atoms with Crippen molar-refractivity contribution in [1.82, 2.24) is 15.3 Å². The van der Waals surface area contributed by atoms with E-state index in [1.54, 1.807) is 19.1 Å². The first-order valence-corrected chi connectivity index (χ1v) is 7.83. The first-order valence-electron chi connectivity index (χ1n) is 6.35. The van der Waals surface area contributed by atoms with Crippen LogP contribution in [0.25, 0.3) is 0 Å². The zero-order chi connectivity index (χ0) is 14.6. The van der Waals surface area contributed by atoms with Gasteiger partial charge in [-0.1, -0.05) is 19.1 Å². The van der Waals surface area contributed by atoms with Crippen LogP contribution < -0.4 is 10.0 Å². The predicted octanol–water partition coefficient (Wildman–Crippen LogP) is 1.63. The molecule has 3 N–H and O–H groups in total. The SMILES string of the molecule is CCNCc1ccc(NS(=O)(=O)c2cnc(C)[nH]2)cc1. The van der Waals surface area contributed by atoms with Gasteiger partial charge < -0.3 is 10.3 Å². The molecule has 0 aliphatic rings. The lowest BCUT2D eigenvalue weighted by molar-refractivity contribution is 0.598. The smallest absolute Gasteiger partial charge is 0.278 e. The number of hydrogen-bond acceptors (Lipinski definition) is 4. The molecule has 1 aromatic carbocycles. The molecule has 0 unspecified atom stereocenters. The molecule has 0 aliphatic heterocycles. The lowest BCUT2D eigenvalue weighted by Gasteiger charge is -2.07. The van der Waals surface area contributed by atoms with Gasteiger partial charge in [0.25, 0.3) is 10.0 Å². The van der Waals surface area contributed by atoms with Gasteiger partial charge in [-0.2, -0.15) is 8.42 Å². The molecule has 0 radical (unpaired) electrons. The molecule has 1 heterocycles. The molecule has 0 spiro atoms. The van der Waals surface area contributed by atoms with Gasteiger partial charge in [0.1, 0.15) is 5.82 Å². The van der Waals surface area contributed by atoms with E-state index in [0.717, 1.165) is 18.7 Å². The number of H-pyrrole nitrogens is 1. The minimum Gasteiger partial charge on any atom is -0.332 e. The summed E-state index contributed by atoms with van der Waals surface area (Å²) >= 11 is 0. The Hall–Kier alpha value is -1.86. The molecule has 0 fully saturated rings. The molecule has 20 heavy (non-hydrogen) atoms. The molecule has 2 rings (SSSR count). The first-order chi connectivity index (χ1) is 9.51. The molecule has 0 saturated carbocycles. The highest BCUT2D eigenvalue weighted by molar-refractivity contribution is 7.92. The summed E-state index contributed by atoms with van der Waals surface area (Å²) in [4.78, 5) is 6.59. The van der Waals surface area contributed by atoms with Crippen molar-refractivity contribution in [3.05, 3.63) is 41.9 Å². The fourth-order valence-corrected chi connectivity index (χ4v) is 2.73. The number of rotatable bonds is 6. The topological polar surface area (TPSA) is 86.9 Å². The molecule has 0 amide bonds. The van der Waals surface area contributed by atoms with Gasteiger partial charge in [0.05, 0.1) is 6.20 Å². The zero-order valence-electron chi connectivity index (χ0n) is 11.5. The van der Waals surface area contributed by atoms with Crippen molar-refractivity contribution in [3.8, 4) is 0 Å². The maximum Gasteiger partial charge on any atom is 0.278 e. The molecule has 7 heteroatoms. The number of aromatic nitrogens is 2. The van der Waals surface area contributed by atoms with Gasteiger partial charge in [-0.3, -0.25) is 4.72 Å². The Morgan fingerprint density at radius 1 is 1.25 bits per heavy atom. The molecule has 0 atom stereocenters. The quantitative estimate of drug-likeness (QED) is 0.755. The van der Waals surface area contributed by atoms with Crippen LogP contribution in [0.15, 0.2) is 35.5 Å². The number of aromatic amines is 1. The van der Waals surface area contributed by atoms with Gasteiger partial charge in [-0.25, -0.2) is 4.98 Å². The van der Waals surface area contributed by atoms with Crippen LogP contribution in [0.4, 0.5) is 5.69 Å². The van der Waals surface area contributed by atoms with Crippen molar-refractivity contribution in [2.45, 2.75) is 25.4 Å². The van der Waals surface area contributed by atoms with Crippen molar-refractivity contribution in [1.29, 1.82) is 0 Å². The van der Waals surface area contributed by atoms with E-state index in [9.17, 15) is 8.42 Å². The standard InChI is InChI=1S/C13H18N4O2S/c1-3-14-8-11-4-6-12(7-5-11)17-20(18,19)13-9-15-10(2)16-13/h4-7,9,14,17H,3,8H2,1-2H3,(H,15,16). The third kappa shape index (κ3) is 3.58. The first kappa shape index (κ1) is 14.5. The third-order valence-electron chi connectivity index (χ3n) is 2.75. The van der Waals surface area contributed by atoms with Crippen LogP contribution in [0, 0.1) is 6.92 Å². The highest BCUT2D eigenvalue weighted by Crippen LogP contribution is 2.15. The number of nitrogens with one attached hydrogen (secondary N) is 3. The number of hydrogen-bond donors (Lipinski definition) is 3. The van der Waals surface area contributed by atoms with E-state index < -0.39 is 10.0 Å². The van der Waals surface area contributed by atoms with Crippen molar-refractivity contribution in [2.75, 3.05) is 11.3 Å². The van der Waals surface area contributed by atoms with E-state index in [1.165, 1.54) is 6.20 Å². The number of anilines is 1. The van der Waals surface area contributed by atoms with E-state index in [1.807, 2.05) is 19.1 Å². The summed E-state index contributed by atoms with van der Waals surface area (Å²) in [7, 11) is -3.61. The van der Waals surface area contributed by atoms with Crippen molar-refractivity contribution < 1.29 is 8.42 Å². The zero-order valence-corrected chi connectivity index (χ0v) is 12.3. The van der Waals surface area contributed by atoms with Gasteiger partial charge in [0.15, 0.2) is 5.03 Å². The van der Waals surface area contributed by atoms with Gasteiger partial charge in [-0.05, 0) is 31.2 Å². The minimum atomic E-state index is -3.61. The van der Waals surface area contributed by atoms with Crippen molar-refractivity contribution in [3.63, 3.8) is 0 Å². The van der Waals surface area contributed by atoms with Crippen molar-refractivity contribution in [2.24, 2.45) is 0 Å². The Bertz CT molecular complexity index is 662. The summed E-state index contributed by atoms with van der Waals surface area (Å²) in [6.45, 7) is 5.40. The average Bonchev–Trinajstić information content (AvgIpc) is 2.85. The average molecular weight is 294 g/mol. The Labute approximate surface area is 118 Å². The van der Waals surface area contributed by atoms with Gasteiger partial charge in [-0.15, -0.1) is 0 Å². The van der Waals surface area contributed by atoms with Gasteiger partial charge in [0, 0.05) is 12.2 Å². The highest BCUT2D eigenvalue weighted by atomic mass is 32.2. The number of benzene rings is 1. The largest absolute Gasteiger partial charge is 0.332 e. The molecule has 0 saturated heterocycles. The molecular weight excluding hydrogens is 276 g/mol. The van der Waals surface area contributed by atoms with E-state index >= 15 is 0 Å². The Morgan fingerprint density at radius 2 is 1.95 bits per heavy atom.